The van der Waals surface area contributed by atoms with Gasteiger partial charge in [-0.25, -0.2) is 0 Å². The summed E-state index contributed by atoms with van der Waals surface area (Å²) in [6.07, 6.45) is 2.69. The average molecular weight is 289 g/mol. The second-order valence-corrected chi connectivity index (χ2v) is 7.63. The van der Waals surface area contributed by atoms with Crippen molar-refractivity contribution in [2.75, 3.05) is 13.2 Å². The summed E-state index contributed by atoms with van der Waals surface area (Å²) < 4.78 is 6.09. The molecule has 21 heavy (non-hydrogen) atoms. The van der Waals surface area contributed by atoms with Gasteiger partial charge in [0.1, 0.15) is 0 Å². The van der Waals surface area contributed by atoms with E-state index < -0.39 is 0 Å². The molecule has 1 aromatic carbocycles. The smallest absolute Gasteiger partial charge is 0.0865 e. The predicted molar refractivity (Wildman–Crippen MR) is 89.7 cm³/mol. The maximum atomic E-state index is 6.09. The van der Waals surface area contributed by atoms with E-state index in [9.17, 15) is 0 Å². The van der Waals surface area contributed by atoms with Crippen LogP contribution in [-0.2, 0) is 10.2 Å². The summed E-state index contributed by atoms with van der Waals surface area (Å²) in [5.74, 6) is 0.585. The van der Waals surface area contributed by atoms with Crippen molar-refractivity contribution in [1.82, 2.24) is 5.32 Å². The Kier molecular flexibility index (Phi) is 5.45. The second-order valence-electron chi connectivity index (χ2n) is 7.63. The molecule has 118 valence electrons. The van der Waals surface area contributed by atoms with Gasteiger partial charge in [-0.05, 0) is 29.4 Å². The van der Waals surface area contributed by atoms with Crippen LogP contribution in [0.15, 0.2) is 24.3 Å². The monoisotopic (exact) mass is 289 g/mol. The fourth-order valence-electron chi connectivity index (χ4n) is 2.98. The molecule has 0 saturated carbocycles. The third-order valence-corrected chi connectivity index (χ3v) is 4.34. The summed E-state index contributed by atoms with van der Waals surface area (Å²) in [7, 11) is 0. The molecule has 2 unspecified atom stereocenters. The summed E-state index contributed by atoms with van der Waals surface area (Å²) in [6, 6.07) is 9.59. The SMILES string of the molecule is CC(C)NCC1CCCOC1c1ccc(C(C)(C)C)cc1. The first-order chi connectivity index (χ1) is 9.88. The molecule has 0 aliphatic carbocycles. The van der Waals surface area contributed by atoms with Crippen molar-refractivity contribution in [2.24, 2.45) is 5.92 Å². The van der Waals surface area contributed by atoms with Crippen LogP contribution < -0.4 is 5.32 Å². The van der Waals surface area contributed by atoms with Gasteiger partial charge in [0.15, 0.2) is 0 Å². The normalized spacial score (nSPS) is 23.5. The quantitative estimate of drug-likeness (QED) is 0.884. The van der Waals surface area contributed by atoms with Gasteiger partial charge in [0.2, 0.25) is 0 Å². The van der Waals surface area contributed by atoms with Crippen molar-refractivity contribution >= 4 is 0 Å². The van der Waals surface area contributed by atoms with Crippen LogP contribution >= 0.6 is 0 Å². The molecule has 2 nitrogen and oxygen atoms in total. The predicted octanol–water partition coefficient (Wildman–Crippen LogP) is 4.45. The van der Waals surface area contributed by atoms with Gasteiger partial charge in [-0.15, -0.1) is 0 Å². The van der Waals surface area contributed by atoms with Gasteiger partial charge < -0.3 is 10.1 Å². The molecular weight excluding hydrogens is 258 g/mol. The molecule has 0 spiro atoms. The zero-order valence-electron chi connectivity index (χ0n) is 14.3. The van der Waals surface area contributed by atoms with E-state index in [1.165, 1.54) is 24.0 Å². The first-order valence-electron chi connectivity index (χ1n) is 8.33. The lowest BCUT2D eigenvalue weighted by Gasteiger charge is -2.33. The highest BCUT2D eigenvalue weighted by Crippen LogP contribution is 2.34. The van der Waals surface area contributed by atoms with Crippen molar-refractivity contribution < 1.29 is 4.74 Å². The van der Waals surface area contributed by atoms with Crippen molar-refractivity contribution in [3.05, 3.63) is 35.4 Å². The van der Waals surface area contributed by atoms with Crippen LogP contribution in [0.5, 0.6) is 0 Å². The molecule has 1 aliphatic heterocycles. The Hall–Kier alpha value is -0.860. The summed E-state index contributed by atoms with van der Waals surface area (Å²) in [5.41, 5.74) is 2.93. The Morgan fingerprint density at radius 3 is 2.43 bits per heavy atom. The molecule has 0 radical (unpaired) electrons. The Balaban J connectivity index is 2.10. The number of hydrogen-bond donors (Lipinski definition) is 1. The number of hydrogen-bond acceptors (Lipinski definition) is 2. The lowest BCUT2D eigenvalue weighted by atomic mass is 9.84. The molecule has 1 saturated heterocycles. The van der Waals surface area contributed by atoms with E-state index in [1.54, 1.807) is 0 Å². The summed E-state index contributed by atoms with van der Waals surface area (Å²) in [5, 5.41) is 3.57. The van der Waals surface area contributed by atoms with E-state index in [0.717, 1.165) is 13.2 Å². The highest BCUT2D eigenvalue weighted by atomic mass is 16.5. The average Bonchev–Trinajstić information content (AvgIpc) is 2.44. The molecule has 0 bridgehead atoms. The third-order valence-electron chi connectivity index (χ3n) is 4.34. The van der Waals surface area contributed by atoms with E-state index in [2.05, 4.69) is 64.2 Å². The minimum Gasteiger partial charge on any atom is -0.373 e. The zero-order valence-corrected chi connectivity index (χ0v) is 14.3. The standard InChI is InChI=1S/C19H31NO/c1-14(2)20-13-16-7-6-12-21-18(16)15-8-10-17(11-9-15)19(3,4)5/h8-11,14,16,18,20H,6-7,12-13H2,1-5H3. The summed E-state index contributed by atoms with van der Waals surface area (Å²) in [6.45, 7) is 13.1. The van der Waals surface area contributed by atoms with Crippen LogP contribution in [-0.4, -0.2) is 19.2 Å². The van der Waals surface area contributed by atoms with E-state index in [1.807, 2.05) is 0 Å². The minimum absolute atomic E-state index is 0.213. The van der Waals surface area contributed by atoms with Crippen LogP contribution in [0.1, 0.15) is 64.7 Å². The second kappa shape index (κ2) is 6.93. The van der Waals surface area contributed by atoms with Crippen molar-refractivity contribution in [1.29, 1.82) is 0 Å². The number of ether oxygens (including phenoxy) is 1. The van der Waals surface area contributed by atoms with E-state index >= 15 is 0 Å². The zero-order chi connectivity index (χ0) is 15.5. The van der Waals surface area contributed by atoms with Gasteiger partial charge in [-0.3, -0.25) is 0 Å². The fourth-order valence-corrected chi connectivity index (χ4v) is 2.98. The maximum absolute atomic E-state index is 6.09. The first-order valence-corrected chi connectivity index (χ1v) is 8.33. The van der Waals surface area contributed by atoms with Crippen molar-refractivity contribution in [3.8, 4) is 0 Å². The molecule has 0 aromatic heterocycles. The third kappa shape index (κ3) is 4.55. The Labute approximate surface area is 130 Å². The Morgan fingerprint density at radius 1 is 1.19 bits per heavy atom. The highest BCUT2D eigenvalue weighted by Gasteiger charge is 2.27. The van der Waals surface area contributed by atoms with Gasteiger partial charge in [0, 0.05) is 25.1 Å². The fraction of sp³-hybridized carbons (Fsp3) is 0.684. The first kappa shape index (κ1) is 16.5. The van der Waals surface area contributed by atoms with Crippen molar-refractivity contribution in [2.45, 2.75) is 65.0 Å². The van der Waals surface area contributed by atoms with E-state index in [4.69, 9.17) is 4.74 Å². The van der Waals surface area contributed by atoms with Crippen LogP contribution in [0.4, 0.5) is 0 Å². The summed E-state index contributed by atoms with van der Waals surface area (Å²) >= 11 is 0. The molecule has 2 atom stereocenters. The molecule has 0 amide bonds. The van der Waals surface area contributed by atoms with Crippen LogP contribution in [0, 0.1) is 5.92 Å². The number of benzene rings is 1. The molecule has 1 fully saturated rings. The van der Waals surface area contributed by atoms with E-state index in [-0.39, 0.29) is 11.5 Å². The van der Waals surface area contributed by atoms with Gasteiger partial charge >= 0.3 is 0 Å². The van der Waals surface area contributed by atoms with Crippen LogP contribution in [0.25, 0.3) is 0 Å². The van der Waals surface area contributed by atoms with Gasteiger partial charge in [-0.2, -0.15) is 0 Å². The number of nitrogens with one attached hydrogen (secondary N) is 1. The van der Waals surface area contributed by atoms with Crippen LogP contribution in [0.2, 0.25) is 0 Å². The molecule has 2 rings (SSSR count). The Morgan fingerprint density at radius 2 is 1.86 bits per heavy atom. The lowest BCUT2D eigenvalue weighted by molar-refractivity contribution is -0.0282. The Bertz CT molecular complexity index is 430. The minimum atomic E-state index is 0.213. The molecular formula is C19H31NO. The van der Waals surface area contributed by atoms with Gasteiger partial charge in [0.25, 0.3) is 0 Å². The molecule has 1 aromatic rings. The molecule has 2 heteroatoms. The molecule has 1 heterocycles. The van der Waals surface area contributed by atoms with Gasteiger partial charge in [0.05, 0.1) is 6.10 Å². The molecule has 1 N–H and O–H groups in total. The largest absolute Gasteiger partial charge is 0.373 e. The van der Waals surface area contributed by atoms with Crippen LogP contribution in [0.3, 0.4) is 0 Å². The van der Waals surface area contributed by atoms with Gasteiger partial charge in [-0.1, -0.05) is 58.9 Å². The molecule has 1 aliphatic rings. The number of rotatable bonds is 4. The van der Waals surface area contributed by atoms with Crippen molar-refractivity contribution in [3.63, 3.8) is 0 Å². The lowest BCUT2D eigenvalue weighted by Crippen LogP contribution is -2.35. The maximum Gasteiger partial charge on any atom is 0.0865 e. The topological polar surface area (TPSA) is 21.3 Å². The van der Waals surface area contributed by atoms with E-state index in [0.29, 0.717) is 12.0 Å². The highest BCUT2D eigenvalue weighted by molar-refractivity contribution is 5.29. The summed E-state index contributed by atoms with van der Waals surface area (Å²) in [4.78, 5) is 0.